The summed E-state index contributed by atoms with van der Waals surface area (Å²) < 4.78 is 5.64. The fourth-order valence-electron chi connectivity index (χ4n) is 1.60. The Labute approximate surface area is 111 Å². The Hall–Kier alpha value is -1.39. The fourth-order valence-corrected chi connectivity index (χ4v) is 1.82. The van der Waals surface area contributed by atoms with E-state index in [-0.39, 0.29) is 6.04 Å². The van der Waals surface area contributed by atoms with Crippen molar-refractivity contribution in [3.8, 4) is 11.5 Å². The zero-order chi connectivity index (χ0) is 13.0. The van der Waals surface area contributed by atoms with Crippen LogP contribution in [0.3, 0.4) is 0 Å². The van der Waals surface area contributed by atoms with Crippen LogP contribution < -0.4 is 5.32 Å². The Bertz CT molecular complexity index is 512. The maximum absolute atomic E-state index is 6.09. The van der Waals surface area contributed by atoms with Gasteiger partial charge in [-0.05, 0) is 32.0 Å². The van der Waals surface area contributed by atoms with E-state index in [1.165, 1.54) is 0 Å². The van der Waals surface area contributed by atoms with Gasteiger partial charge in [0.25, 0.3) is 0 Å². The van der Waals surface area contributed by atoms with E-state index < -0.39 is 0 Å². The van der Waals surface area contributed by atoms with Crippen molar-refractivity contribution in [3.05, 3.63) is 35.2 Å². The smallest absolute Gasteiger partial charge is 0.249 e. The zero-order valence-electron chi connectivity index (χ0n) is 10.5. The van der Waals surface area contributed by atoms with Gasteiger partial charge in [-0.2, -0.15) is 0 Å². The van der Waals surface area contributed by atoms with Crippen LogP contribution in [0.1, 0.15) is 32.2 Å². The number of benzene rings is 1. The van der Waals surface area contributed by atoms with E-state index in [1.54, 1.807) is 6.07 Å². The Kier molecular flexibility index (Phi) is 4.33. The summed E-state index contributed by atoms with van der Waals surface area (Å²) in [6.07, 6.45) is 1.07. The van der Waals surface area contributed by atoms with Crippen LogP contribution >= 0.6 is 11.6 Å². The third kappa shape index (κ3) is 2.89. The number of nitrogens with zero attached hydrogens (tertiary/aromatic N) is 2. The maximum atomic E-state index is 6.09. The van der Waals surface area contributed by atoms with Crippen LogP contribution in [-0.2, 0) is 0 Å². The first-order chi connectivity index (χ1) is 8.72. The van der Waals surface area contributed by atoms with Gasteiger partial charge in [-0.1, -0.05) is 30.7 Å². The van der Waals surface area contributed by atoms with Gasteiger partial charge in [0.15, 0.2) is 0 Å². The summed E-state index contributed by atoms with van der Waals surface area (Å²) in [6, 6.07) is 7.48. The Balaban J connectivity index is 2.18. The summed E-state index contributed by atoms with van der Waals surface area (Å²) in [7, 11) is 0. The summed E-state index contributed by atoms with van der Waals surface area (Å²) in [6.45, 7) is 5.03. The minimum Gasteiger partial charge on any atom is -0.419 e. The molecule has 1 atom stereocenters. The first-order valence-electron chi connectivity index (χ1n) is 6.04. The molecule has 1 unspecified atom stereocenters. The van der Waals surface area contributed by atoms with Gasteiger partial charge in [0.1, 0.15) is 0 Å². The summed E-state index contributed by atoms with van der Waals surface area (Å²) >= 11 is 6.09. The third-order valence-corrected chi connectivity index (χ3v) is 2.95. The van der Waals surface area contributed by atoms with Crippen LogP contribution in [0.25, 0.3) is 11.5 Å². The molecule has 18 heavy (non-hydrogen) atoms. The molecule has 0 fully saturated rings. The first kappa shape index (κ1) is 13.1. The highest BCUT2D eigenvalue weighted by atomic mass is 35.5. The van der Waals surface area contributed by atoms with E-state index in [1.807, 2.05) is 25.1 Å². The lowest BCUT2D eigenvalue weighted by Crippen LogP contribution is -2.19. The molecule has 5 heteroatoms. The number of hydrogen-bond donors (Lipinski definition) is 1. The predicted molar refractivity (Wildman–Crippen MR) is 71.5 cm³/mol. The minimum atomic E-state index is 0.0497. The monoisotopic (exact) mass is 265 g/mol. The summed E-state index contributed by atoms with van der Waals surface area (Å²) in [5.41, 5.74) is 0.764. The summed E-state index contributed by atoms with van der Waals surface area (Å²) in [4.78, 5) is 0. The minimum absolute atomic E-state index is 0.0497. The van der Waals surface area contributed by atoms with Crippen molar-refractivity contribution in [2.45, 2.75) is 26.3 Å². The molecule has 1 aromatic carbocycles. The van der Waals surface area contributed by atoms with E-state index in [2.05, 4.69) is 22.4 Å². The Morgan fingerprint density at radius 1 is 1.33 bits per heavy atom. The van der Waals surface area contributed by atoms with Gasteiger partial charge >= 0.3 is 0 Å². The second-order valence-corrected chi connectivity index (χ2v) is 4.51. The second kappa shape index (κ2) is 5.98. The molecule has 0 radical (unpaired) electrons. The fraction of sp³-hybridized carbons (Fsp3) is 0.385. The molecule has 0 aliphatic heterocycles. The highest BCUT2D eigenvalue weighted by Gasteiger charge is 2.15. The normalized spacial score (nSPS) is 12.6. The molecule has 1 aromatic heterocycles. The topological polar surface area (TPSA) is 51.0 Å². The molecule has 1 N–H and O–H groups in total. The van der Waals surface area contributed by atoms with Crippen LogP contribution in [0.5, 0.6) is 0 Å². The van der Waals surface area contributed by atoms with Crippen LogP contribution in [0.15, 0.2) is 28.7 Å². The van der Waals surface area contributed by atoms with Crippen molar-refractivity contribution >= 4 is 11.6 Å². The SMILES string of the molecule is CCCNC(C)c1nnc(-c2ccccc2Cl)o1. The third-order valence-electron chi connectivity index (χ3n) is 2.62. The molecule has 0 saturated heterocycles. The van der Waals surface area contributed by atoms with Crippen LogP contribution in [0.4, 0.5) is 0 Å². The number of aromatic nitrogens is 2. The quantitative estimate of drug-likeness (QED) is 0.900. The van der Waals surface area contributed by atoms with E-state index in [4.69, 9.17) is 16.0 Å². The summed E-state index contributed by atoms with van der Waals surface area (Å²) in [5, 5.41) is 12.0. The number of hydrogen-bond acceptors (Lipinski definition) is 4. The molecular weight excluding hydrogens is 250 g/mol. The van der Waals surface area contributed by atoms with Crippen molar-refractivity contribution in [1.29, 1.82) is 0 Å². The largest absolute Gasteiger partial charge is 0.419 e. The second-order valence-electron chi connectivity index (χ2n) is 4.10. The molecule has 0 bridgehead atoms. The van der Waals surface area contributed by atoms with Crippen molar-refractivity contribution in [3.63, 3.8) is 0 Å². The highest BCUT2D eigenvalue weighted by molar-refractivity contribution is 6.33. The van der Waals surface area contributed by atoms with E-state index in [0.717, 1.165) is 18.5 Å². The van der Waals surface area contributed by atoms with Gasteiger partial charge in [-0.25, -0.2) is 0 Å². The molecule has 0 amide bonds. The van der Waals surface area contributed by atoms with Gasteiger partial charge in [0, 0.05) is 0 Å². The van der Waals surface area contributed by atoms with Crippen molar-refractivity contribution < 1.29 is 4.42 Å². The van der Waals surface area contributed by atoms with Crippen LogP contribution in [0.2, 0.25) is 5.02 Å². The zero-order valence-corrected chi connectivity index (χ0v) is 11.2. The number of halogens is 1. The number of nitrogens with one attached hydrogen (secondary N) is 1. The van der Waals surface area contributed by atoms with Crippen molar-refractivity contribution in [1.82, 2.24) is 15.5 Å². The Morgan fingerprint density at radius 3 is 2.83 bits per heavy atom. The average molecular weight is 266 g/mol. The molecule has 1 heterocycles. The molecule has 96 valence electrons. The van der Waals surface area contributed by atoms with Crippen molar-refractivity contribution in [2.75, 3.05) is 6.54 Å². The van der Waals surface area contributed by atoms with Crippen LogP contribution in [-0.4, -0.2) is 16.7 Å². The molecule has 2 rings (SSSR count). The van der Waals surface area contributed by atoms with E-state index in [9.17, 15) is 0 Å². The molecule has 4 nitrogen and oxygen atoms in total. The lowest BCUT2D eigenvalue weighted by Gasteiger charge is -2.07. The van der Waals surface area contributed by atoms with Gasteiger partial charge in [-0.15, -0.1) is 10.2 Å². The molecule has 0 saturated carbocycles. The van der Waals surface area contributed by atoms with Crippen LogP contribution in [0, 0.1) is 0 Å². The van der Waals surface area contributed by atoms with Gasteiger partial charge in [0.05, 0.1) is 16.6 Å². The van der Waals surface area contributed by atoms with E-state index >= 15 is 0 Å². The molecular formula is C13H16ClN3O. The lowest BCUT2D eigenvalue weighted by molar-refractivity contribution is 0.423. The first-order valence-corrected chi connectivity index (χ1v) is 6.42. The molecule has 0 aliphatic rings. The number of rotatable bonds is 5. The molecule has 2 aromatic rings. The van der Waals surface area contributed by atoms with Gasteiger partial charge in [0.2, 0.25) is 11.8 Å². The van der Waals surface area contributed by atoms with E-state index in [0.29, 0.717) is 16.8 Å². The van der Waals surface area contributed by atoms with Gasteiger partial charge in [-0.3, -0.25) is 0 Å². The predicted octanol–water partition coefficient (Wildman–Crippen LogP) is 3.45. The Morgan fingerprint density at radius 2 is 2.11 bits per heavy atom. The van der Waals surface area contributed by atoms with Crippen molar-refractivity contribution in [2.24, 2.45) is 0 Å². The molecule has 0 spiro atoms. The average Bonchev–Trinajstić information content (AvgIpc) is 2.86. The summed E-state index contributed by atoms with van der Waals surface area (Å²) in [5.74, 6) is 1.04. The standard InChI is InChI=1S/C13H16ClN3O/c1-3-8-15-9(2)12-16-17-13(18-12)10-6-4-5-7-11(10)14/h4-7,9,15H,3,8H2,1-2H3. The molecule has 0 aliphatic carbocycles. The van der Waals surface area contributed by atoms with Gasteiger partial charge < -0.3 is 9.73 Å². The maximum Gasteiger partial charge on any atom is 0.249 e. The lowest BCUT2D eigenvalue weighted by atomic mass is 10.2. The highest BCUT2D eigenvalue weighted by Crippen LogP contribution is 2.27.